The molecule has 18 heavy (non-hydrogen) atoms. The molecule has 1 aliphatic rings. The molecule has 1 aromatic heterocycles. The molecule has 0 aromatic carbocycles. The van der Waals surface area contributed by atoms with Crippen molar-refractivity contribution in [2.45, 2.75) is 6.92 Å². The third kappa shape index (κ3) is 2.51. The zero-order valence-electron chi connectivity index (χ0n) is 10.1. The minimum Gasteiger partial charge on any atom is -0.420 e. The van der Waals surface area contributed by atoms with Crippen molar-refractivity contribution in [2.75, 3.05) is 13.1 Å². The molecule has 1 saturated heterocycles. The maximum atomic E-state index is 12.1. The topological polar surface area (TPSA) is 41.9 Å². The number of likely N-dealkylation sites (N-methyl/N-ethyl adjacent to an activating group) is 1. The summed E-state index contributed by atoms with van der Waals surface area (Å²) in [5.41, 5.74) is 0. The monoisotopic (exact) mass is 262 g/mol. The second-order valence-electron chi connectivity index (χ2n) is 3.59. The van der Waals surface area contributed by atoms with Gasteiger partial charge < -0.3 is 4.74 Å². The maximum Gasteiger partial charge on any atom is 0.300 e. The molecule has 5 heteroatoms. The van der Waals surface area contributed by atoms with Crippen LogP contribution in [0.4, 0.5) is 0 Å². The number of carbonyl (C=O) groups excluding carboxylic acids is 1. The van der Waals surface area contributed by atoms with Gasteiger partial charge in [0.25, 0.3) is 5.91 Å². The van der Waals surface area contributed by atoms with E-state index < -0.39 is 0 Å². The lowest BCUT2D eigenvalue weighted by Gasteiger charge is -2.08. The SMILES string of the molecule is C=CC/N=C1/O/C(=C/c2cccs2)C(=O)N1CC. The number of nitrogens with zero attached hydrogens (tertiary/aromatic N) is 2. The molecule has 4 nitrogen and oxygen atoms in total. The van der Waals surface area contributed by atoms with Crippen molar-refractivity contribution >= 4 is 29.3 Å². The van der Waals surface area contributed by atoms with E-state index in [1.165, 1.54) is 4.90 Å². The summed E-state index contributed by atoms with van der Waals surface area (Å²) in [5.74, 6) is 0.177. The van der Waals surface area contributed by atoms with E-state index in [-0.39, 0.29) is 5.91 Å². The Balaban J connectivity index is 2.25. The molecule has 0 radical (unpaired) electrons. The minimum absolute atomic E-state index is 0.145. The standard InChI is InChI=1S/C13H14N2O2S/c1-3-7-14-13-15(4-2)12(16)11(17-13)9-10-6-5-8-18-10/h3,5-6,8-9H,1,4,7H2,2H3/b11-9+,14-13+. The van der Waals surface area contributed by atoms with E-state index in [0.717, 1.165) is 4.88 Å². The smallest absolute Gasteiger partial charge is 0.300 e. The molecular weight excluding hydrogens is 248 g/mol. The molecule has 1 aromatic rings. The molecule has 0 bridgehead atoms. The highest BCUT2D eigenvalue weighted by Crippen LogP contribution is 2.21. The summed E-state index contributed by atoms with van der Waals surface area (Å²) in [5, 5.41) is 1.95. The highest BCUT2D eigenvalue weighted by atomic mass is 32.1. The van der Waals surface area contributed by atoms with Gasteiger partial charge in [0.15, 0.2) is 5.76 Å². The van der Waals surface area contributed by atoms with Crippen LogP contribution in [0.25, 0.3) is 6.08 Å². The van der Waals surface area contributed by atoms with Gasteiger partial charge in [-0.05, 0) is 18.4 Å². The molecule has 2 rings (SSSR count). The molecule has 2 heterocycles. The first-order chi connectivity index (χ1) is 8.76. The van der Waals surface area contributed by atoms with Crippen molar-refractivity contribution in [3.05, 3.63) is 40.8 Å². The Bertz CT molecular complexity index is 503. The molecule has 0 N–H and O–H groups in total. The summed E-state index contributed by atoms with van der Waals surface area (Å²) < 4.78 is 5.50. The predicted octanol–water partition coefficient (Wildman–Crippen LogP) is 2.51. The van der Waals surface area contributed by atoms with Crippen LogP contribution in [0.3, 0.4) is 0 Å². The summed E-state index contributed by atoms with van der Waals surface area (Å²) in [6.45, 7) is 6.45. The Morgan fingerprint density at radius 2 is 2.44 bits per heavy atom. The number of aliphatic imine (C=N–C) groups is 1. The Morgan fingerprint density at radius 1 is 1.61 bits per heavy atom. The Hall–Kier alpha value is -1.88. The van der Waals surface area contributed by atoms with Crippen molar-refractivity contribution < 1.29 is 9.53 Å². The lowest BCUT2D eigenvalue weighted by Crippen LogP contribution is -2.29. The van der Waals surface area contributed by atoms with E-state index in [4.69, 9.17) is 4.74 Å². The van der Waals surface area contributed by atoms with E-state index >= 15 is 0 Å². The zero-order valence-corrected chi connectivity index (χ0v) is 10.9. The Kier molecular flexibility index (Phi) is 3.94. The van der Waals surface area contributed by atoms with Crippen LogP contribution in [0.15, 0.2) is 40.9 Å². The summed E-state index contributed by atoms with van der Waals surface area (Å²) in [7, 11) is 0. The minimum atomic E-state index is -0.145. The van der Waals surface area contributed by atoms with Gasteiger partial charge in [-0.2, -0.15) is 0 Å². The van der Waals surface area contributed by atoms with Crippen LogP contribution >= 0.6 is 11.3 Å². The van der Waals surface area contributed by atoms with E-state index in [0.29, 0.717) is 24.9 Å². The first kappa shape index (κ1) is 12.6. The van der Waals surface area contributed by atoms with Crippen molar-refractivity contribution in [1.82, 2.24) is 4.90 Å². The number of rotatable bonds is 4. The van der Waals surface area contributed by atoms with E-state index in [2.05, 4.69) is 11.6 Å². The van der Waals surface area contributed by atoms with Gasteiger partial charge in [0, 0.05) is 17.5 Å². The molecule has 0 spiro atoms. The van der Waals surface area contributed by atoms with Gasteiger partial charge in [-0.1, -0.05) is 12.1 Å². The second-order valence-corrected chi connectivity index (χ2v) is 4.57. The van der Waals surface area contributed by atoms with Crippen molar-refractivity contribution in [3.63, 3.8) is 0 Å². The molecule has 1 fully saturated rings. The van der Waals surface area contributed by atoms with Crippen LogP contribution in [0.2, 0.25) is 0 Å². The molecule has 94 valence electrons. The highest BCUT2D eigenvalue weighted by Gasteiger charge is 2.33. The van der Waals surface area contributed by atoms with Gasteiger partial charge in [-0.25, -0.2) is 4.99 Å². The maximum absolute atomic E-state index is 12.1. The van der Waals surface area contributed by atoms with E-state index in [1.54, 1.807) is 23.5 Å². The lowest BCUT2D eigenvalue weighted by atomic mass is 10.3. The van der Waals surface area contributed by atoms with Gasteiger partial charge in [0.2, 0.25) is 0 Å². The van der Waals surface area contributed by atoms with Crippen molar-refractivity contribution in [1.29, 1.82) is 0 Å². The average molecular weight is 262 g/mol. The number of hydrogen-bond donors (Lipinski definition) is 0. The largest absolute Gasteiger partial charge is 0.420 e. The number of carbonyl (C=O) groups is 1. The molecule has 1 aliphatic heterocycles. The second kappa shape index (κ2) is 5.64. The summed E-state index contributed by atoms with van der Waals surface area (Å²) in [6, 6.07) is 4.22. The normalized spacial score (nSPS) is 19.6. The molecular formula is C13H14N2O2S. The molecule has 0 saturated carbocycles. The third-order valence-electron chi connectivity index (χ3n) is 2.38. The van der Waals surface area contributed by atoms with Gasteiger partial charge in [0.05, 0.1) is 6.54 Å². The van der Waals surface area contributed by atoms with E-state index in [1.807, 2.05) is 24.4 Å². The van der Waals surface area contributed by atoms with Crippen LogP contribution in [0.1, 0.15) is 11.8 Å². The van der Waals surface area contributed by atoms with Gasteiger partial charge >= 0.3 is 6.02 Å². The zero-order chi connectivity index (χ0) is 13.0. The first-order valence-corrected chi connectivity index (χ1v) is 6.54. The van der Waals surface area contributed by atoms with Crippen LogP contribution in [0, 0.1) is 0 Å². The Morgan fingerprint density at radius 3 is 3.06 bits per heavy atom. The number of thiophene rings is 1. The van der Waals surface area contributed by atoms with Gasteiger partial charge in [0.1, 0.15) is 0 Å². The van der Waals surface area contributed by atoms with Crippen molar-refractivity contribution in [3.8, 4) is 0 Å². The molecule has 1 amide bonds. The molecule has 0 unspecified atom stereocenters. The number of ether oxygens (including phenoxy) is 1. The molecule has 0 atom stereocenters. The Labute approximate surface area is 110 Å². The lowest BCUT2D eigenvalue weighted by molar-refractivity contribution is -0.122. The van der Waals surface area contributed by atoms with Crippen LogP contribution in [-0.4, -0.2) is 29.9 Å². The summed E-state index contributed by atoms with van der Waals surface area (Å²) >= 11 is 1.56. The number of amides is 1. The van der Waals surface area contributed by atoms with Crippen LogP contribution in [0.5, 0.6) is 0 Å². The highest BCUT2D eigenvalue weighted by molar-refractivity contribution is 7.10. The fourth-order valence-corrected chi connectivity index (χ4v) is 2.20. The quantitative estimate of drug-likeness (QED) is 0.618. The first-order valence-electron chi connectivity index (χ1n) is 5.66. The average Bonchev–Trinajstić information content (AvgIpc) is 2.97. The van der Waals surface area contributed by atoms with Crippen LogP contribution in [-0.2, 0) is 9.53 Å². The fourth-order valence-electron chi connectivity index (χ4n) is 1.55. The summed E-state index contributed by atoms with van der Waals surface area (Å²) in [4.78, 5) is 18.7. The van der Waals surface area contributed by atoms with Crippen LogP contribution < -0.4 is 0 Å². The summed E-state index contributed by atoms with van der Waals surface area (Å²) in [6.07, 6.45) is 3.40. The van der Waals surface area contributed by atoms with Gasteiger partial charge in [-0.3, -0.25) is 9.69 Å². The van der Waals surface area contributed by atoms with E-state index in [9.17, 15) is 4.79 Å². The third-order valence-corrected chi connectivity index (χ3v) is 3.20. The fraction of sp³-hybridized carbons (Fsp3) is 0.231. The van der Waals surface area contributed by atoms with Gasteiger partial charge in [-0.15, -0.1) is 17.9 Å². The van der Waals surface area contributed by atoms with Crippen molar-refractivity contribution in [2.24, 2.45) is 4.99 Å². The molecule has 0 aliphatic carbocycles. The number of hydrogen-bond acceptors (Lipinski definition) is 4. The predicted molar refractivity (Wildman–Crippen MR) is 73.3 cm³/mol. The number of amidine groups is 1.